The Kier molecular flexibility index (Phi) is 12.3. The molecule has 14 heteroatoms. The molecule has 0 fully saturated rings. The summed E-state index contributed by atoms with van der Waals surface area (Å²) in [4.78, 5) is 18.8. The molecule has 0 unspecified atom stereocenters. The Morgan fingerprint density at radius 3 is 2.60 bits per heavy atom. The number of ether oxygens (including phenoxy) is 4. The fraction of sp³-hybridized carbons (Fsp3) is 0.419. The summed E-state index contributed by atoms with van der Waals surface area (Å²) in [5, 5.41) is 3.76. The first-order valence-electron chi connectivity index (χ1n) is 14.6. The van der Waals surface area contributed by atoms with Crippen molar-refractivity contribution in [2.75, 3.05) is 64.5 Å². The minimum atomic E-state index is -4.10. The van der Waals surface area contributed by atoms with E-state index < -0.39 is 21.8 Å². The van der Waals surface area contributed by atoms with Crippen LogP contribution in [0.15, 0.2) is 52.4 Å². The number of thioether (sulfide) groups is 1. The van der Waals surface area contributed by atoms with Crippen LogP contribution >= 0.6 is 11.8 Å². The van der Waals surface area contributed by atoms with Crippen molar-refractivity contribution in [3.8, 4) is 23.0 Å². The molecule has 2 N–H and O–H groups in total. The summed E-state index contributed by atoms with van der Waals surface area (Å²) >= 11 is 1.11. The number of nitrogens with zero attached hydrogens (tertiary/aromatic N) is 2. The number of methoxy groups -OCH3 is 2. The molecule has 0 bridgehead atoms. The van der Waals surface area contributed by atoms with Crippen molar-refractivity contribution >= 4 is 44.3 Å². The summed E-state index contributed by atoms with van der Waals surface area (Å²) < 4.78 is 65.7. The van der Waals surface area contributed by atoms with Crippen molar-refractivity contribution in [2.24, 2.45) is 0 Å². The lowest BCUT2D eigenvalue weighted by molar-refractivity contribution is -0.135. The van der Waals surface area contributed by atoms with Gasteiger partial charge in [0.15, 0.2) is 23.1 Å². The first kappa shape index (κ1) is 34.3. The Bertz CT molecular complexity index is 1640. The molecule has 0 radical (unpaired) electrons. The van der Waals surface area contributed by atoms with E-state index in [9.17, 15) is 13.2 Å². The van der Waals surface area contributed by atoms with Crippen LogP contribution in [0.5, 0.6) is 23.0 Å². The highest BCUT2D eigenvalue weighted by atomic mass is 32.2. The first-order valence-corrected chi connectivity index (χ1v) is 17.1. The number of hydrogen-bond donors (Lipinski definition) is 2. The van der Waals surface area contributed by atoms with Gasteiger partial charge in [0.2, 0.25) is 0 Å². The van der Waals surface area contributed by atoms with Gasteiger partial charge in [-0.25, -0.2) is 17.6 Å². The van der Waals surface area contributed by atoms with Gasteiger partial charge in [0.1, 0.15) is 10.7 Å². The number of carbonyl (C=O) groups is 1. The quantitative estimate of drug-likeness (QED) is 0.147. The molecule has 0 saturated carbocycles. The van der Waals surface area contributed by atoms with Gasteiger partial charge in [0.25, 0.3) is 10.0 Å². The van der Waals surface area contributed by atoms with Crippen LogP contribution in [0.3, 0.4) is 0 Å². The number of fused-ring (bicyclic) bond motifs is 1. The molecule has 2 heterocycles. The van der Waals surface area contributed by atoms with E-state index in [4.69, 9.17) is 18.9 Å². The van der Waals surface area contributed by atoms with Crippen molar-refractivity contribution in [2.45, 2.75) is 26.2 Å². The van der Waals surface area contributed by atoms with Crippen molar-refractivity contribution < 1.29 is 36.6 Å². The summed E-state index contributed by atoms with van der Waals surface area (Å²) in [6, 6.07) is 8.82. The smallest absolute Gasteiger partial charge is 0.345 e. The molecule has 244 valence electrons. The monoisotopic (exact) mass is 662 g/mol. The average molecular weight is 663 g/mol. The summed E-state index contributed by atoms with van der Waals surface area (Å²) in [7, 11) is 0.570. The van der Waals surface area contributed by atoms with Crippen LogP contribution in [0.2, 0.25) is 0 Å². The first-order chi connectivity index (χ1) is 21.7. The number of hydrogen-bond acceptors (Lipinski definition) is 11. The van der Waals surface area contributed by atoms with Gasteiger partial charge in [-0.2, -0.15) is 0 Å². The number of nitrogens with one attached hydrogen (secondary N) is 2. The van der Waals surface area contributed by atoms with Gasteiger partial charge in [-0.05, 0) is 57.1 Å². The van der Waals surface area contributed by atoms with E-state index in [1.54, 1.807) is 31.5 Å². The fourth-order valence-corrected chi connectivity index (χ4v) is 7.69. The molecule has 0 aliphatic carbocycles. The van der Waals surface area contributed by atoms with Gasteiger partial charge in [0.05, 0.1) is 36.9 Å². The van der Waals surface area contributed by atoms with E-state index in [0.29, 0.717) is 40.5 Å². The summed E-state index contributed by atoms with van der Waals surface area (Å²) in [5.41, 5.74) is 0.551. The number of pyridine rings is 1. The summed E-state index contributed by atoms with van der Waals surface area (Å²) in [6.07, 6.45) is 3.64. The van der Waals surface area contributed by atoms with E-state index in [1.807, 2.05) is 7.05 Å². The highest BCUT2D eigenvalue weighted by Gasteiger charge is 2.31. The molecule has 2 aromatic carbocycles. The molecule has 11 nitrogen and oxygen atoms in total. The van der Waals surface area contributed by atoms with Crippen LogP contribution in [-0.2, 0) is 19.6 Å². The minimum absolute atomic E-state index is 0.0173. The minimum Gasteiger partial charge on any atom is -0.493 e. The van der Waals surface area contributed by atoms with Gasteiger partial charge < -0.3 is 29.2 Å². The number of anilines is 1. The van der Waals surface area contributed by atoms with Crippen LogP contribution in [-0.4, -0.2) is 84.1 Å². The number of rotatable bonds is 17. The van der Waals surface area contributed by atoms with E-state index in [2.05, 4.69) is 26.8 Å². The van der Waals surface area contributed by atoms with Crippen LogP contribution in [0.4, 0.5) is 10.1 Å². The highest BCUT2D eigenvalue weighted by Crippen LogP contribution is 2.39. The van der Waals surface area contributed by atoms with E-state index in [0.717, 1.165) is 56.8 Å². The molecular weight excluding hydrogens is 623 g/mol. The Hall–Kier alpha value is -3.59. The Morgan fingerprint density at radius 2 is 1.89 bits per heavy atom. The second-order valence-electron chi connectivity index (χ2n) is 10.2. The highest BCUT2D eigenvalue weighted by molar-refractivity contribution is 8.06. The molecule has 0 spiro atoms. The predicted octanol–water partition coefficient (Wildman–Crippen LogP) is 5.14. The number of benzene rings is 2. The number of aromatic nitrogens is 1. The molecule has 0 amide bonds. The zero-order chi connectivity index (χ0) is 32.4. The lowest BCUT2D eigenvalue weighted by atomic mass is 10.1. The third kappa shape index (κ3) is 8.78. The largest absolute Gasteiger partial charge is 0.493 e. The third-order valence-electron chi connectivity index (χ3n) is 7.01. The second-order valence-corrected chi connectivity index (χ2v) is 13.0. The molecule has 3 aromatic rings. The summed E-state index contributed by atoms with van der Waals surface area (Å²) in [5.74, 6) is 0.148. The predicted molar refractivity (Wildman–Crippen MR) is 174 cm³/mol. The number of esters is 1. The molecule has 1 aliphatic rings. The van der Waals surface area contributed by atoms with Gasteiger partial charge in [-0.1, -0.05) is 6.92 Å². The number of sulfonamides is 1. The van der Waals surface area contributed by atoms with Crippen molar-refractivity contribution in [3.05, 3.63) is 58.2 Å². The topological polar surface area (TPSA) is 128 Å². The number of carbonyl (C=O) groups excluding carboxylic acids is 1. The van der Waals surface area contributed by atoms with Crippen LogP contribution in [0, 0.1) is 5.82 Å². The fourth-order valence-electron chi connectivity index (χ4n) is 4.83. The number of allylic oxidation sites excluding steroid dienone is 1. The molecule has 1 aliphatic heterocycles. The van der Waals surface area contributed by atoms with Crippen LogP contribution in [0.25, 0.3) is 10.9 Å². The maximum Gasteiger partial charge on any atom is 0.345 e. The van der Waals surface area contributed by atoms with Crippen LogP contribution in [0.1, 0.15) is 26.2 Å². The Balaban J connectivity index is 1.47. The maximum atomic E-state index is 15.2. The Labute approximate surface area is 267 Å². The molecule has 1 aromatic heterocycles. The SMILES string of the molecule is CCCN(CCCOc1cc2nccc(Oc3ccc(NS(=O)(=O)C4=C(C(=O)OC)SCC4)cc3F)c2cc1OC)CCNC. The number of halogens is 1. The normalized spacial score (nSPS) is 13.4. The molecule has 45 heavy (non-hydrogen) atoms. The lowest BCUT2D eigenvalue weighted by Crippen LogP contribution is -2.33. The summed E-state index contributed by atoms with van der Waals surface area (Å²) in [6.45, 7) is 6.52. The molecular formula is C31H39FN4O7S2. The third-order valence-corrected chi connectivity index (χ3v) is 9.81. The maximum absolute atomic E-state index is 15.2. The van der Waals surface area contributed by atoms with E-state index in [1.165, 1.54) is 19.2 Å². The van der Waals surface area contributed by atoms with Crippen molar-refractivity contribution in [3.63, 3.8) is 0 Å². The molecule has 0 saturated heterocycles. The zero-order valence-corrected chi connectivity index (χ0v) is 27.5. The molecule has 0 atom stereocenters. The van der Waals surface area contributed by atoms with Gasteiger partial charge in [0, 0.05) is 49.1 Å². The van der Waals surface area contributed by atoms with Crippen LogP contribution < -0.4 is 24.2 Å². The Morgan fingerprint density at radius 1 is 1.07 bits per heavy atom. The zero-order valence-electron chi connectivity index (χ0n) is 25.9. The standard InChI is InChI=1S/C31H39FN4O7S2/c1-5-13-36(15-12-33-2)14-6-16-42-28-20-24-22(19-27(28)40-3)25(9-11-34-24)43-26-8-7-21(18-23(26)32)35-45(38,39)29-10-17-44-30(29)31(37)41-4/h7-9,11,18-20,33,35H,5-6,10,12-17H2,1-4H3. The van der Waals surface area contributed by atoms with E-state index in [-0.39, 0.29) is 27.7 Å². The van der Waals surface area contributed by atoms with Gasteiger partial charge in [-0.3, -0.25) is 9.71 Å². The molecule has 4 rings (SSSR count). The second kappa shape index (κ2) is 16.1. The number of likely N-dealkylation sites (N-methyl/N-ethyl adjacent to an activating group) is 1. The van der Waals surface area contributed by atoms with Crippen molar-refractivity contribution in [1.29, 1.82) is 0 Å². The lowest BCUT2D eigenvalue weighted by Gasteiger charge is -2.21. The van der Waals surface area contributed by atoms with Gasteiger partial charge in [-0.15, -0.1) is 11.8 Å². The van der Waals surface area contributed by atoms with Gasteiger partial charge >= 0.3 is 5.97 Å². The van der Waals surface area contributed by atoms with E-state index >= 15 is 4.39 Å². The average Bonchev–Trinajstić information content (AvgIpc) is 3.54. The van der Waals surface area contributed by atoms with Crippen molar-refractivity contribution in [1.82, 2.24) is 15.2 Å².